The highest BCUT2D eigenvalue weighted by Gasteiger charge is 2.36. The molecular formula is C18H32O6. The first-order valence-electron chi connectivity index (χ1n) is 9.03. The monoisotopic (exact) mass is 344 g/mol. The van der Waals surface area contributed by atoms with Crippen molar-refractivity contribution in [3.8, 4) is 0 Å². The van der Waals surface area contributed by atoms with Crippen molar-refractivity contribution in [2.75, 3.05) is 0 Å². The second-order valence-electron chi connectivity index (χ2n) is 6.57. The van der Waals surface area contributed by atoms with E-state index in [1.807, 2.05) is 6.92 Å². The lowest BCUT2D eigenvalue weighted by molar-refractivity contribution is -0.137. The zero-order valence-corrected chi connectivity index (χ0v) is 14.5. The maximum atomic E-state index is 10.4. The molecule has 0 spiro atoms. The number of hydrogen-bond acceptors (Lipinski definition) is 5. The van der Waals surface area contributed by atoms with Crippen LogP contribution in [-0.4, -0.2) is 56.9 Å². The number of unbranched alkanes of at least 4 members (excludes halogenated alkanes) is 4. The molecule has 0 unspecified atom stereocenters. The van der Waals surface area contributed by atoms with Gasteiger partial charge in [0.2, 0.25) is 0 Å². The summed E-state index contributed by atoms with van der Waals surface area (Å²) in [5.41, 5.74) is 0. The van der Waals surface area contributed by atoms with E-state index in [4.69, 9.17) is 9.84 Å². The highest BCUT2D eigenvalue weighted by Crippen LogP contribution is 2.27. The first kappa shape index (κ1) is 21.1. The molecule has 0 aromatic rings. The van der Waals surface area contributed by atoms with Gasteiger partial charge in [-0.2, -0.15) is 0 Å². The lowest BCUT2D eigenvalue weighted by Crippen LogP contribution is -2.25. The Kier molecular flexibility index (Phi) is 10.2. The lowest BCUT2D eigenvalue weighted by atomic mass is 10.0. The number of rotatable bonds is 12. The molecule has 0 aromatic heterocycles. The van der Waals surface area contributed by atoms with E-state index in [-0.39, 0.29) is 12.5 Å². The second kappa shape index (κ2) is 11.6. The zero-order chi connectivity index (χ0) is 17.9. The van der Waals surface area contributed by atoms with E-state index in [2.05, 4.69) is 0 Å². The molecule has 0 aliphatic carbocycles. The summed E-state index contributed by atoms with van der Waals surface area (Å²) in [5, 5.41) is 38.1. The second-order valence-corrected chi connectivity index (χ2v) is 6.57. The Balaban J connectivity index is 2.19. The molecule has 1 heterocycles. The molecule has 0 radical (unpaired) electrons. The van der Waals surface area contributed by atoms with E-state index in [0.29, 0.717) is 19.3 Å². The predicted molar refractivity (Wildman–Crippen MR) is 90.7 cm³/mol. The van der Waals surface area contributed by atoms with Crippen LogP contribution < -0.4 is 0 Å². The van der Waals surface area contributed by atoms with Crippen molar-refractivity contribution in [1.82, 2.24) is 0 Å². The first-order chi connectivity index (χ1) is 11.4. The topological polar surface area (TPSA) is 107 Å². The molecule has 0 bridgehead atoms. The summed E-state index contributed by atoms with van der Waals surface area (Å²) in [7, 11) is 0. The van der Waals surface area contributed by atoms with Crippen LogP contribution in [0.4, 0.5) is 0 Å². The molecule has 6 nitrogen and oxygen atoms in total. The molecule has 0 saturated carbocycles. The third-order valence-electron chi connectivity index (χ3n) is 4.46. The normalized spacial score (nSPS) is 26.8. The fraction of sp³-hybridized carbons (Fsp3) is 0.833. The number of hydrogen-bond donors (Lipinski definition) is 4. The van der Waals surface area contributed by atoms with Crippen LogP contribution in [0.25, 0.3) is 0 Å². The molecule has 1 aliphatic rings. The van der Waals surface area contributed by atoms with Crippen LogP contribution in [0.15, 0.2) is 12.2 Å². The van der Waals surface area contributed by atoms with E-state index < -0.39 is 30.4 Å². The van der Waals surface area contributed by atoms with Crippen molar-refractivity contribution in [2.45, 2.75) is 95.2 Å². The Morgan fingerprint density at radius 1 is 1.17 bits per heavy atom. The first-order valence-corrected chi connectivity index (χ1v) is 9.03. The van der Waals surface area contributed by atoms with Gasteiger partial charge < -0.3 is 25.2 Å². The molecule has 1 fully saturated rings. The van der Waals surface area contributed by atoms with Gasteiger partial charge in [0.15, 0.2) is 0 Å². The number of carboxylic acids is 1. The molecule has 6 heteroatoms. The van der Waals surface area contributed by atoms with Crippen molar-refractivity contribution >= 4 is 5.97 Å². The predicted octanol–water partition coefficient (Wildman–Crippen LogP) is 2.01. The van der Waals surface area contributed by atoms with Gasteiger partial charge in [0.1, 0.15) is 0 Å². The van der Waals surface area contributed by atoms with Gasteiger partial charge in [0, 0.05) is 12.8 Å². The summed E-state index contributed by atoms with van der Waals surface area (Å²) in [6.45, 7) is 1.86. The molecule has 5 atom stereocenters. The molecule has 4 N–H and O–H groups in total. The van der Waals surface area contributed by atoms with Crippen LogP contribution in [0.5, 0.6) is 0 Å². The minimum absolute atomic E-state index is 0.226. The van der Waals surface area contributed by atoms with Crippen LogP contribution in [-0.2, 0) is 9.53 Å². The highest BCUT2D eigenvalue weighted by molar-refractivity contribution is 5.66. The van der Waals surface area contributed by atoms with E-state index in [9.17, 15) is 20.1 Å². The van der Waals surface area contributed by atoms with E-state index in [1.54, 1.807) is 6.08 Å². The average molecular weight is 344 g/mol. The summed E-state index contributed by atoms with van der Waals surface area (Å²) < 4.78 is 5.75. The van der Waals surface area contributed by atoms with Crippen LogP contribution in [0.3, 0.4) is 0 Å². The third kappa shape index (κ3) is 8.24. The van der Waals surface area contributed by atoms with Gasteiger partial charge in [-0.05, 0) is 19.3 Å². The number of aliphatic carboxylic acids is 1. The smallest absolute Gasteiger partial charge is 0.303 e. The van der Waals surface area contributed by atoms with Crippen LogP contribution >= 0.6 is 0 Å². The van der Waals surface area contributed by atoms with Gasteiger partial charge in [-0.1, -0.05) is 44.8 Å². The number of aliphatic hydroxyl groups is 3. The van der Waals surface area contributed by atoms with Gasteiger partial charge in [0.05, 0.1) is 30.5 Å². The zero-order valence-electron chi connectivity index (χ0n) is 14.5. The fourth-order valence-electron chi connectivity index (χ4n) is 2.90. The van der Waals surface area contributed by atoms with Crippen LogP contribution in [0.2, 0.25) is 0 Å². The minimum atomic E-state index is -0.818. The lowest BCUT2D eigenvalue weighted by Gasteiger charge is -2.17. The van der Waals surface area contributed by atoms with Crippen molar-refractivity contribution in [3.63, 3.8) is 0 Å². The molecule has 0 amide bonds. The number of carbonyl (C=O) groups is 1. The SMILES string of the molecule is CC[C@@H](O)/C=C/[C@@H](O)[C@@H]1C[C@@H](O)[C@H](CCCCCCCC(=O)O)O1. The summed E-state index contributed by atoms with van der Waals surface area (Å²) in [6.07, 6.45) is 6.93. The van der Waals surface area contributed by atoms with Gasteiger partial charge in [0.25, 0.3) is 0 Å². The number of aliphatic hydroxyl groups excluding tert-OH is 3. The number of ether oxygens (including phenoxy) is 1. The Hall–Kier alpha value is -0.950. The Morgan fingerprint density at radius 3 is 2.50 bits per heavy atom. The number of carboxylic acid groups (broad SMARTS) is 1. The van der Waals surface area contributed by atoms with Gasteiger partial charge >= 0.3 is 5.97 Å². The summed E-state index contributed by atoms with van der Waals surface area (Å²) >= 11 is 0. The van der Waals surface area contributed by atoms with Crippen molar-refractivity contribution < 1.29 is 30.0 Å². The van der Waals surface area contributed by atoms with Crippen molar-refractivity contribution in [1.29, 1.82) is 0 Å². The maximum absolute atomic E-state index is 10.4. The van der Waals surface area contributed by atoms with E-state index in [1.165, 1.54) is 6.08 Å². The molecular weight excluding hydrogens is 312 g/mol. The highest BCUT2D eigenvalue weighted by atomic mass is 16.5. The summed E-state index contributed by atoms with van der Waals surface area (Å²) in [5.74, 6) is -0.748. The Bertz CT molecular complexity index is 384. The molecule has 1 rings (SSSR count). The molecule has 1 aliphatic heterocycles. The standard InChI is InChI=1S/C18H32O6/c1-2-13(19)10-11-14(20)17-12-15(21)16(24-17)8-6-4-3-5-7-9-18(22)23/h10-11,13-17,19-21H,2-9,12H2,1H3,(H,22,23)/b11-10+/t13-,14-,15-,16+,17+/m1/s1. The molecule has 24 heavy (non-hydrogen) atoms. The van der Waals surface area contributed by atoms with Crippen molar-refractivity contribution in [2.24, 2.45) is 0 Å². The fourth-order valence-corrected chi connectivity index (χ4v) is 2.90. The van der Waals surface area contributed by atoms with Crippen molar-refractivity contribution in [3.05, 3.63) is 12.2 Å². The van der Waals surface area contributed by atoms with Gasteiger partial charge in [-0.25, -0.2) is 0 Å². The van der Waals surface area contributed by atoms with E-state index >= 15 is 0 Å². The molecule has 0 aromatic carbocycles. The van der Waals surface area contributed by atoms with Crippen LogP contribution in [0.1, 0.15) is 64.7 Å². The average Bonchev–Trinajstić information content (AvgIpc) is 2.92. The largest absolute Gasteiger partial charge is 0.481 e. The minimum Gasteiger partial charge on any atom is -0.481 e. The molecule has 140 valence electrons. The Morgan fingerprint density at radius 2 is 1.83 bits per heavy atom. The van der Waals surface area contributed by atoms with Crippen LogP contribution in [0, 0.1) is 0 Å². The quantitative estimate of drug-likeness (QED) is 0.319. The van der Waals surface area contributed by atoms with Gasteiger partial charge in [-0.3, -0.25) is 4.79 Å². The third-order valence-corrected chi connectivity index (χ3v) is 4.46. The molecule has 1 saturated heterocycles. The summed E-state index contributed by atoms with van der Waals surface area (Å²) in [6, 6.07) is 0. The Labute approximate surface area is 144 Å². The van der Waals surface area contributed by atoms with Gasteiger partial charge in [-0.15, -0.1) is 0 Å². The summed E-state index contributed by atoms with van der Waals surface area (Å²) in [4.78, 5) is 10.4. The van der Waals surface area contributed by atoms with E-state index in [0.717, 1.165) is 32.1 Å². The maximum Gasteiger partial charge on any atom is 0.303 e.